The van der Waals surface area contributed by atoms with E-state index in [2.05, 4.69) is 19.2 Å². The summed E-state index contributed by atoms with van der Waals surface area (Å²) >= 11 is 0. The molecule has 2 heteroatoms. The minimum absolute atomic E-state index is 0.102. The highest BCUT2D eigenvalue weighted by atomic mass is 16.1. The zero-order valence-electron chi connectivity index (χ0n) is 13.5. The van der Waals surface area contributed by atoms with Crippen LogP contribution < -0.4 is 5.32 Å². The Hall–Kier alpha value is -0.530. The van der Waals surface area contributed by atoms with Crippen LogP contribution >= 0.6 is 0 Å². The van der Waals surface area contributed by atoms with E-state index in [1.807, 2.05) is 0 Å². The van der Waals surface area contributed by atoms with E-state index in [0.29, 0.717) is 0 Å². The lowest BCUT2D eigenvalue weighted by Crippen LogP contribution is -2.21. The van der Waals surface area contributed by atoms with Crippen LogP contribution in [0.2, 0.25) is 0 Å². The molecule has 0 aliphatic rings. The van der Waals surface area contributed by atoms with E-state index in [1.165, 1.54) is 64.2 Å². The summed E-state index contributed by atoms with van der Waals surface area (Å²) in [5.74, 6) is 0.989. The van der Waals surface area contributed by atoms with Gasteiger partial charge in [-0.2, -0.15) is 0 Å². The quantitative estimate of drug-likeness (QED) is 0.465. The van der Waals surface area contributed by atoms with Gasteiger partial charge in [-0.1, -0.05) is 71.6 Å². The predicted molar refractivity (Wildman–Crippen MR) is 84.3 cm³/mol. The van der Waals surface area contributed by atoms with Crippen LogP contribution in [-0.2, 0) is 4.79 Å². The van der Waals surface area contributed by atoms with Crippen LogP contribution in [-0.4, -0.2) is 12.5 Å². The standard InChI is InChI=1S/C17H35NO/c1-4-6-8-10-13-17(12-9-7-5-2)14-11-15-18-16(3)19/h17H,4-15H2,1-3H3,(H,18,19). The molecule has 1 amide bonds. The number of rotatable bonds is 13. The second kappa shape index (κ2) is 13.9. The van der Waals surface area contributed by atoms with Gasteiger partial charge in [-0.3, -0.25) is 4.79 Å². The van der Waals surface area contributed by atoms with Crippen molar-refractivity contribution in [3.63, 3.8) is 0 Å². The van der Waals surface area contributed by atoms with Crippen LogP contribution in [0.5, 0.6) is 0 Å². The summed E-state index contributed by atoms with van der Waals surface area (Å²) < 4.78 is 0. The fourth-order valence-corrected chi connectivity index (χ4v) is 2.63. The summed E-state index contributed by atoms with van der Waals surface area (Å²) in [6.45, 7) is 7.00. The van der Waals surface area contributed by atoms with Crippen LogP contribution in [0.3, 0.4) is 0 Å². The Kier molecular flexibility index (Phi) is 13.5. The fourth-order valence-electron chi connectivity index (χ4n) is 2.63. The van der Waals surface area contributed by atoms with E-state index in [-0.39, 0.29) is 5.91 Å². The third-order valence-corrected chi connectivity index (χ3v) is 3.84. The molecule has 1 atom stereocenters. The lowest BCUT2D eigenvalue weighted by molar-refractivity contribution is -0.118. The highest BCUT2D eigenvalue weighted by Gasteiger charge is 2.08. The number of nitrogens with one attached hydrogen (secondary N) is 1. The van der Waals surface area contributed by atoms with E-state index >= 15 is 0 Å². The summed E-state index contributed by atoms with van der Waals surface area (Å²) in [6.07, 6.45) is 14.8. The lowest BCUT2D eigenvalue weighted by Gasteiger charge is -2.16. The Morgan fingerprint density at radius 2 is 1.37 bits per heavy atom. The number of hydrogen-bond acceptors (Lipinski definition) is 1. The molecule has 0 aliphatic carbocycles. The number of carbonyl (C=O) groups is 1. The van der Waals surface area contributed by atoms with E-state index in [1.54, 1.807) is 6.92 Å². The third-order valence-electron chi connectivity index (χ3n) is 3.84. The Morgan fingerprint density at radius 3 is 1.95 bits per heavy atom. The molecule has 0 radical (unpaired) electrons. The SMILES string of the molecule is CCCCCCC(CCCCC)CCCNC(C)=O. The molecule has 114 valence electrons. The van der Waals surface area contributed by atoms with Crippen molar-refractivity contribution in [2.75, 3.05) is 6.54 Å². The first-order valence-corrected chi connectivity index (χ1v) is 8.45. The van der Waals surface area contributed by atoms with Crippen LogP contribution in [0.1, 0.15) is 91.4 Å². The van der Waals surface area contributed by atoms with Crippen molar-refractivity contribution in [1.82, 2.24) is 5.32 Å². The molecular weight excluding hydrogens is 234 g/mol. The topological polar surface area (TPSA) is 29.1 Å². The molecule has 1 unspecified atom stereocenters. The van der Waals surface area contributed by atoms with Gasteiger partial charge in [-0.05, 0) is 18.8 Å². The molecule has 0 rings (SSSR count). The van der Waals surface area contributed by atoms with Gasteiger partial charge in [0.2, 0.25) is 5.91 Å². The molecular formula is C17H35NO. The fraction of sp³-hybridized carbons (Fsp3) is 0.941. The molecule has 0 aromatic carbocycles. The van der Waals surface area contributed by atoms with Gasteiger partial charge in [0.05, 0.1) is 0 Å². The summed E-state index contributed by atoms with van der Waals surface area (Å²) in [5.41, 5.74) is 0. The minimum Gasteiger partial charge on any atom is -0.356 e. The van der Waals surface area contributed by atoms with Crippen molar-refractivity contribution in [3.8, 4) is 0 Å². The molecule has 1 N–H and O–H groups in total. The van der Waals surface area contributed by atoms with Crippen LogP contribution in [0.15, 0.2) is 0 Å². The van der Waals surface area contributed by atoms with Gasteiger partial charge in [-0.25, -0.2) is 0 Å². The van der Waals surface area contributed by atoms with Crippen molar-refractivity contribution in [2.24, 2.45) is 5.92 Å². The normalized spacial score (nSPS) is 12.4. The van der Waals surface area contributed by atoms with Gasteiger partial charge >= 0.3 is 0 Å². The molecule has 2 nitrogen and oxygen atoms in total. The Balaban J connectivity index is 3.72. The molecule has 0 spiro atoms. The number of hydrogen-bond donors (Lipinski definition) is 1. The largest absolute Gasteiger partial charge is 0.356 e. The summed E-state index contributed by atoms with van der Waals surface area (Å²) in [7, 11) is 0. The van der Waals surface area contributed by atoms with Crippen molar-refractivity contribution < 1.29 is 4.79 Å². The summed E-state index contributed by atoms with van der Waals surface area (Å²) in [6, 6.07) is 0. The maximum atomic E-state index is 10.8. The first-order chi connectivity index (χ1) is 9.20. The molecule has 0 aromatic rings. The number of unbranched alkanes of at least 4 members (excludes halogenated alkanes) is 5. The number of amides is 1. The maximum absolute atomic E-state index is 10.8. The van der Waals surface area contributed by atoms with Gasteiger partial charge in [0.25, 0.3) is 0 Å². The Labute approximate surface area is 120 Å². The highest BCUT2D eigenvalue weighted by Crippen LogP contribution is 2.22. The molecule has 0 saturated heterocycles. The average molecular weight is 269 g/mol. The van der Waals surface area contributed by atoms with Crippen molar-refractivity contribution in [3.05, 3.63) is 0 Å². The predicted octanol–water partition coefficient (Wildman–Crippen LogP) is 5.07. The second-order valence-electron chi connectivity index (χ2n) is 5.84. The maximum Gasteiger partial charge on any atom is 0.216 e. The molecule has 0 heterocycles. The van der Waals surface area contributed by atoms with Crippen LogP contribution in [0.25, 0.3) is 0 Å². The summed E-state index contributed by atoms with van der Waals surface area (Å²) in [4.78, 5) is 10.8. The molecule has 0 aliphatic heterocycles. The van der Waals surface area contributed by atoms with E-state index in [4.69, 9.17) is 0 Å². The number of carbonyl (C=O) groups excluding carboxylic acids is 1. The van der Waals surface area contributed by atoms with Gasteiger partial charge in [0.1, 0.15) is 0 Å². The average Bonchev–Trinajstić information content (AvgIpc) is 2.38. The van der Waals surface area contributed by atoms with E-state index in [0.717, 1.165) is 18.9 Å². The van der Waals surface area contributed by atoms with Crippen molar-refractivity contribution in [1.29, 1.82) is 0 Å². The van der Waals surface area contributed by atoms with Gasteiger partial charge in [0.15, 0.2) is 0 Å². The van der Waals surface area contributed by atoms with E-state index < -0.39 is 0 Å². The van der Waals surface area contributed by atoms with Crippen molar-refractivity contribution in [2.45, 2.75) is 91.4 Å². The molecule has 0 saturated carbocycles. The Morgan fingerprint density at radius 1 is 0.842 bits per heavy atom. The second-order valence-corrected chi connectivity index (χ2v) is 5.84. The van der Waals surface area contributed by atoms with Crippen molar-refractivity contribution >= 4 is 5.91 Å². The zero-order valence-corrected chi connectivity index (χ0v) is 13.5. The Bertz CT molecular complexity index is 203. The smallest absolute Gasteiger partial charge is 0.216 e. The van der Waals surface area contributed by atoms with Crippen LogP contribution in [0.4, 0.5) is 0 Å². The highest BCUT2D eigenvalue weighted by molar-refractivity contribution is 5.72. The molecule has 0 fully saturated rings. The van der Waals surface area contributed by atoms with Crippen LogP contribution in [0, 0.1) is 5.92 Å². The first kappa shape index (κ1) is 18.5. The third kappa shape index (κ3) is 13.7. The molecule has 0 bridgehead atoms. The zero-order chi connectivity index (χ0) is 14.3. The minimum atomic E-state index is 0.102. The van der Waals surface area contributed by atoms with Gasteiger partial charge in [0, 0.05) is 13.5 Å². The van der Waals surface area contributed by atoms with Gasteiger partial charge < -0.3 is 5.32 Å². The first-order valence-electron chi connectivity index (χ1n) is 8.45. The lowest BCUT2D eigenvalue weighted by atomic mass is 9.91. The summed E-state index contributed by atoms with van der Waals surface area (Å²) in [5, 5.41) is 2.91. The molecule has 0 aromatic heterocycles. The molecule has 19 heavy (non-hydrogen) atoms. The monoisotopic (exact) mass is 269 g/mol. The van der Waals surface area contributed by atoms with Gasteiger partial charge in [-0.15, -0.1) is 0 Å². The van der Waals surface area contributed by atoms with E-state index in [9.17, 15) is 4.79 Å².